The van der Waals surface area contributed by atoms with E-state index < -0.39 is 0 Å². The number of amides is 1. The van der Waals surface area contributed by atoms with Crippen molar-refractivity contribution < 1.29 is 9.53 Å². The molecule has 4 aromatic carbocycles. The lowest BCUT2D eigenvalue weighted by Gasteiger charge is -2.09. The Bertz CT molecular complexity index is 1450. The fourth-order valence-corrected chi connectivity index (χ4v) is 3.94. The van der Waals surface area contributed by atoms with Crippen LogP contribution >= 0.6 is 0 Å². The van der Waals surface area contributed by atoms with E-state index in [1.54, 1.807) is 0 Å². The fourth-order valence-electron chi connectivity index (χ4n) is 3.94. The van der Waals surface area contributed by atoms with Crippen LogP contribution in [0.3, 0.4) is 0 Å². The molecule has 0 unspecified atom stereocenters. The van der Waals surface area contributed by atoms with E-state index in [1.807, 2.05) is 61.0 Å². The van der Waals surface area contributed by atoms with Gasteiger partial charge in [-0.3, -0.25) is 9.48 Å². The summed E-state index contributed by atoms with van der Waals surface area (Å²) in [4.78, 5) is 12.2. The Balaban J connectivity index is 1.29. The summed E-state index contributed by atoms with van der Waals surface area (Å²) in [5.41, 5.74) is 3.22. The normalized spacial score (nSPS) is 11.3. The number of para-hydroxylation sites is 1. The van der Waals surface area contributed by atoms with Crippen molar-refractivity contribution >= 4 is 33.4 Å². The number of hydrogen-bond acceptors (Lipinski definition) is 3. The van der Waals surface area contributed by atoms with Gasteiger partial charge in [0.1, 0.15) is 12.4 Å². The summed E-state index contributed by atoms with van der Waals surface area (Å²) in [7, 11) is 0. The van der Waals surface area contributed by atoms with E-state index in [1.165, 1.54) is 10.8 Å². The maximum Gasteiger partial charge on any atom is 0.228 e. The SMILES string of the molecule is CC(C)C(=O)Nc1nn(Cc2ccc(COc3ccc4ccccc4c3)cc2)c2ccccc12. The van der Waals surface area contributed by atoms with Gasteiger partial charge in [-0.1, -0.05) is 80.6 Å². The van der Waals surface area contributed by atoms with Crippen LogP contribution in [0.1, 0.15) is 25.0 Å². The quantitative estimate of drug-likeness (QED) is 0.312. The highest BCUT2D eigenvalue weighted by molar-refractivity contribution is 6.00. The highest BCUT2D eigenvalue weighted by Gasteiger charge is 2.15. The molecule has 1 N–H and O–H groups in total. The largest absolute Gasteiger partial charge is 0.489 e. The first-order valence-electron chi connectivity index (χ1n) is 11.5. The molecule has 1 heterocycles. The van der Waals surface area contributed by atoms with Crippen molar-refractivity contribution in [2.75, 3.05) is 5.32 Å². The second-order valence-corrected chi connectivity index (χ2v) is 8.78. The number of ether oxygens (including phenoxy) is 1. The topological polar surface area (TPSA) is 56.2 Å². The molecule has 1 amide bonds. The van der Waals surface area contributed by atoms with Crippen LogP contribution in [0, 0.1) is 5.92 Å². The molecule has 5 heteroatoms. The summed E-state index contributed by atoms with van der Waals surface area (Å²) in [6.45, 7) is 4.87. The predicted molar refractivity (Wildman–Crippen MR) is 137 cm³/mol. The van der Waals surface area contributed by atoms with Gasteiger partial charge in [0.25, 0.3) is 0 Å². The van der Waals surface area contributed by atoms with Crippen molar-refractivity contribution in [2.45, 2.75) is 27.0 Å². The van der Waals surface area contributed by atoms with Crippen molar-refractivity contribution in [3.05, 3.63) is 102 Å². The smallest absolute Gasteiger partial charge is 0.228 e. The molecule has 0 atom stereocenters. The molecule has 5 nitrogen and oxygen atoms in total. The standard InChI is InChI=1S/C29H27N3O2/c1-20(2)29(33)30-28-26-9-5-6-10-27(26)32(31-28)18-21-11-13-22(14-12-21)19-34-25-16-15-23-7-3-4-8-24(23)17-25/h3-17,20H,18-19H2,1-2H3,(H,30,31,33). The number of carbonyl (C=O) groups is 1. The lowest BCUT2D eigenvalue weighted by molar-refractivity contribution is -0.118. The Kier molecular flexibility index (Phi) is 6.00. The van der Waals surface area contributed by atoms with Crippen molar-refractivity contribution in [2.24, 2.45) is 5.92 Å². The second-order valence-electron chi connectivity index (χ2n) is 8.78. The molecule has 0 fully saturated rings. The number of rotatable bonds is 7. The van der Waals surface area contributed by atoms with Gasteiger partial charge in [-0.05, 0) is 46.2 Å². The first-order chi connectivity index (χ1) is 16.6. The second kappa shape index (κ2) is 9.40. The summed E-state index contributed by atoms with van der Waals surface area (Å²) in [6.07, 6.45) is 0. The number of anilines is 1. The molecule has 0 saturated heterocycles. The Morgan fingerprint density at radius 2 is 1.59 bits per heavy atom. The number of benzene rings is 4. The zero-order chi connectivity index (χ0) is 23.5. The van der Waals surface area contributed by atoms with E-state index in [9.17, 15) is 4.79 Å². The summed E-state index contributed by atoms with van der Waals surface area (Å²) in [6, 6.07) is 30.8. The molecule has 5 aromatic rings. The maximum atomic E-state index is 12.2. The summed E-state index contributed by atoms with van der Waals surface area (Å²) in [5, 5.41) is 11.0. The molecule has 0 radical (unpaired) electrons. The summed E-state index contributed by atoms with van der Waals surface area (Å²) >= 11 is 0. The maximum absolute atomic E-state index is 12.2. The van der Waals surface area contributed by atoms with Gasteiger partial charge in [-0.25, -0.2) is 0 Å². The van der Waals surface area contributed by atoms with E-state index in [2.05, 4.69) is 53.8 Å². The lowest BCUT2D eigenvalue weighted by atomic mass is 10.1. The monoisotopic (exact) mass is 449 g/mol. The molecular weight excluding hydrogens is 422 g/mol. The fraction of sp³-hybridized carbons (Fsp3) is 0.172. The number of nitrogens with zero attached hydrogens (tertiary/aromatic N) is 2. The Morgan fingerprint density at radius 3 is 2.38 bits per heavy atom. The van der Waals surface area contributed by atoms with Gasteiger partial charge in [0.2, 0.25) is 5.91 Å². The first kappa shape index (κ1) is 21.7. The van der Waals surface area contributed by atoms with E-state index >= 15 is 0 Å². The summed E-state index contributed by atoms with van der Waals surface area (Å²) < 4.78 is 7.95. The van der Waals surface area contributed by atoms with Crippen LogP contribution in [0.4, 0.5) is 5.82 Å². The average molecular weight is 450 g/mol. The first-order valence-corrected chi connectivity index (χ1v) is 11.5. The molecular formula is C29H27N3O2. The minimum atomic E-state index is -0.103. The van der Waals surface area contributed by atoms with Crippen LogP contribution in [0.2, 0.25) is 0 Å². The van der Waals surface area contributed by atoms with Crippen molar-refractivity contribution in [1.29, 1.82) is 0 Å². The predicted octanol–water partition coefficient (Wildman–Crippen LogP) is 6.41. The van der Waals surface area contributed by atoms with Crippen molar-refractivity contribution in [1.82, 2.24) is 9.78 Å². The highest BCUT2D eigenvalue weighted by Crippen LogP contribution is 2.25. The molecule has 170 valence electrons. The van der Waals surface area contributed by atoms with Crippen LogP contribution in [0.15, 0.2) is 91.0 Å². The number of hydrogen-bond donors (Lipinski definition) is 1. The van der Waals surface area contributed by atoms with E-state index in [0.717, 1.165) is 27.8 Å². The number of aromatic nitrogens is 2. The molecule has 0 aliphatic rings. The van der Waals surface area contributed by atoms with E-state index in [-0.39, 0.29) is 11.8 Å². The van der Waals surface area contributed by atoms with Gasteiger partial charge in [-0.15, -0.1) is 0 Å². The number of nitrogens with one attached hydrogen (secondary N) is 1. The van der Waals surface area contributed by atoms with Gasteiger partial charge >= 0.3 is 0 Å². The van der Waals surface area contributed by atoms with Gasteiger partial charge in [0.15, 0.2) is 5.82 Å². The van der Waals surface area contributed by atoms with Crippen molar-refractivity contribution in [3.8, 4) is 5.75 Å². The minimum Gasteiger partial charge on any atom is -0.489 e. The molecule has 1 aromatic heterocycles. The molecule has 0 bridgehead atoms. The summed E-state index contributed by atoms with van der Waals surface area (Å²) in [5.74, 6) is 1.33. The molecule has 5 rings (SSSR count). The molecule has 0 saturated carbocycles. The zero-order valence-electron chi connectivity index (χ0n) is 19.4. The zero-order valence-corrected chi connectivity index (χ0v) is 19.4. The van der Waals surface area contributed by atoms with Crippen LogP contribution < -0.4 is 10.1 Å². The van der Waals surface area contributed by atoms with Gasteiger partial charge in [0.05, 0.1) is 12.1 Å². The van der Waals surface area contributed by atoms with Gasteiger partial charge in [0, 0.05) is 11.3 Å². The third-order valence-corrected chi connectivity index (χ3v) is 5.91. The number of carbonyl (C=O) groups excluding carboxylic acids is 1. The molecule has 0 aliphatic heterocycles. The van der Waals surface area contributed by atoms with Gasteiger partial charge in [-0.2, -0.15) is 5.10 Å². The van der Waals surface area contributed by atoms with Crippen LogP contribution in [-0.4, -0.2) is 15.7 Å². The highest BCUT2D eigenvalue weighted by atomic mass is 16.5. The van der Waals surface area contributed by atoms with Crippen molar-refractivity contribution in [3.63, 3.8) is 0 Å². The average Bonchev–Trinajstić information content (AvgIpc) is 3.20. The Labute approximate surface area is 199 Å². The molecule has 0 aliphatic carbocycles. The lowest BCUT2D eigenvalue weighted by Crippen LogP contribution is -2.18. The van der Waals surface area contributed by atoms with E-state index in [0.29, 0.717) is 19.0 Å². The molecule has 34 heavy (non-hydrogen) atoms. The third kappa shape index (κ3) is 4.64. The molecule has 0 spiro atoms. The Morgan fingerprint density at radius 1 is 0.882 bits per heavy atom. The van der Waals surface area contributed by atoms with Gasteiger partial charge < -0.3 is 10.1 Å². The van der Waals surface area contributed by atoms with Crippen LogP contribution in [-0.2, 0) is 17.9 Å². The number of fused-ring (bicyclic) bond motifs is 2. The third-order valence-electron chi connectivity index (χ3n) is 5.91. The minimum absolute atomic E-state index is 0.0360. The van der Waals surface area contributed by atoms with Crippen LogP contribution in [0.25, 0.3) is 21.7 Å². The Hall–Kier alpha value is -4.12. The van der Waals surface area contributed by atoms with E-state index in [4.69, 9.17) is 9.84 Å². The van der Waals surface area contributed by atoms with Crippen LogP contribution in [0.5, 0.6) is 5.75 Å².